The van der Waals surface area contributed by atoms with E-state index in [9.17, 15) is 0 Å². The number of rotatable bonds is 11. The van der Waals surface area contributed by atoms with Crippen molar-refractivity contribution in [3.05, 3.63) is 41.5 Å². The van der Waals surface area contributed by atoms with Crippen LogP contribution in [0.2, 0.25) is 0 Å². The monoisotopic (exact) mass is 402 g/mol. The molecule has 1 heterocycles. The number of methoxy groups -OCH3 is 2. The number of ether oxygens (including phenoxy) is 2. The molecule has 0 bridgehead atoms. The summed E-state index contributed by atoms with van der Waals surface area (Å²) in [5.74, 6) is 2.62. The third-order valence-electron chi connectivity index (χ3n) is 4.64. The molecule has 0 saturated carbocycles. The fourth-order valence-corrected chi connectivity index (χ4v) is 3.06. The van der Waals surface area contributed by atoms with Crippen LogP contribution in [0.25, 0.3) is 0 Å². The summed E-state index contributed by atoms with van der Waals surface area (Å²) in [4.78, 5) is 4.70. The highest BCUT2D eigenvalue weighted by atomic mass is 16.5. The minimum Gasteiger partial charge on any atom is -0.496 e. The first kappa shape index (κ1) is 22.7. The average molecular weight is 403 g/mol. The number of hydrogen-bond donors (Lipinski definition) is 2. The van der Waals surface area contributed by atoms with Crippen molar-refractivity contribution < 1.29 is 9.47 Å². The Labute approximate surface area is 173 Å². The predicted molar refractivity (Wildman–Crippen MR) is 115 cm³/mol. The Kier molecular flexibility index (Phi) is 9.43. The lowest BCUT2D eigenvalue weighted by Crippen LogP contribution is -2.40. The minimum atomic E-state index is 0.0413. The summed E-state index contributed by atoms with van der Waals surface area (Å²) in [5.41, 5.74) is 2.30. The largest absolute Gasteiger partial charge is 0.496 e. The fraction of sp³-hybridized carbons (Fsp3) is 0.571. The molecule has 0 radical (unpaired) electrons. The van der Waals surface area contributed by atoms with E-state index in [0.717, 1.165) is 49.0 Å². The molecule has 1 unspecified atom stereocenters. The van der Waals surface area contributed by atoms with E-state index in [0.29, 0.717) is 13.2 Å². The first-order valence-electron chi connectivity index (χ1n) is 10.1. The lowest BCUT2D eigenvalue weighted by Gasteiger charge is -2.21. The van der Waals surface area contributed by atoms with E-state index in [1.54, 1.807) is 20.5 Å². The van der Waals surface area contributed by atoms with Gasteiger partial charge in [-0.1, -0.05) is 24.6 Å². The minimum absolute atomic E-state index is 0.0413. The van der Waals surface area contributed by atoms with Gasteiger partial charge in [-0.25, -0.2) is 0 Å². The standard InChI is InChI=1S/C21H34N6O2/c1-6-20-26-24-15-27(20)12-11-23-21(22-10-7-13-28-4)25-17(3)18-14-16(2)8-9-19(18)29-5/h8-9,14-15,17H,6-7,10-13H2,1-5H3,(H2,22,23,25). The number of nitrogens with zero attached hydrogens (tertiary/aromatic N) is 4. The van der Waals surface area contributed by atoms with E-state index in [-0.39, 0.29) is 6.04 Å². The Balaban J connectivity index is 2.04. The van der Waals surface area contributed by atoms with Gasteiger partial charge < -0.3 is 24.7 Å². The van der Waals surface area contributed by atoms with Gasteiger partial charge in [-0.05, 0) is 26.3 Å². The van der Waals surface area contributed by atoms with Gasteiger partial charge in [0.25, 0.3) is 0 Å². The average Bonchev–Trinajstić information content (AvgIpc) is 3.18. The molecule has 1 aromatic carbocycles. The van der Waals surface area contributed by atoms with Gasteiger partial charge in [0.2, 0.25) is 0 Å². The van der Waals surface area contributed by atoms with E-state index in [2.05, 4.69) is 58.3 Å². The van der Waals surface area contributed by atoms with Crippen LogP contribution in [0.4, 0.5) is 0 Å². The summed E-state index contributed by atoms with van der Waals surface area (Å²) in [6.45, 7) is 9.15. The van der Waals surface area contributed by atoms with E-state index < -0.39 is 0 Å². The van der Waals surface area contributed by atoms with Crippen LogP contribution >= 0.6 is 0 Å². The van der Waals surface area contributed by atoms with Gasteiger partial charge in [-0.2, -0.15) is 0 Å². The Hall–Kier alpha value is -2.61. The third-order valence-corrected chi connectivity index (χ3v) is 4.64. The first-order chi connectivity index (χ1) is 14.1. The van der Waals surface area contributed by atoms with Crippen LogP contribution in [0.3, 0.4) is 0 Å². The van der Waals surface area contributed by atoms with E-state index in [4.69, 9.17) is 14.5 Å². The molecule has 0 saturated heterocycles. The van der Waals surface area contributed by atoms with E-state index >= 15 is 0 Å². The second-order valence-electron chi connectivity index (χ2n) is 6.91. The highest BCUT2D eigenvalue weighted by Gasteiger charge is 2.13. The molecule has 1 aromatic heterocycles. The molecule has 0 fully saturated rings. The molecule has 1 atom stereocenters. The van der Waals surface area contributed by atoms with Gasteiger partial charge in [0, 0.05) is 45.3 Å². The molecule has 0 aliphatic carbocycles. The third kappa shape index (κ3) is 7.05. The molecule has 0 aliphatic heterocycles. The quantitative estimate of drug-likeness (QED) is 0.341. The van der Waals surface area contributed by atoms with Crippen molar-refractivity contribution in [3.8, 4) is 5.75 Å². The second kappa shape index (κ2) is 12.1. The summed E-state index contributed by atoms with van der Waals surface area (Å²) >= 11 is 0. The van der Waals surface area contributed by atoms with Crippen molar-refractivity contribution >= 4 is 5.96 Å². The van der Waals surface area contributed by atoms with Crippen LogP contribution in [0.1, 0.15) is 43.3 Å². The zero-order valence-corrected chi connectivity index (χ0v) is 18.2. The van der Waals surface area contributed by atoms with Crippen molar-refractivity contribution in [2.45, 2.75) is 46.2 Å². The van der Waals surface area contributed by atoms with Crippen molar-refractivity contribution in [2.24, 2.45) is 4.99 Å². The molecule has 8 nitrogen and oxygen atoms in total. The summed E-state index contributed by atoms with van der Waals surface area (Å²) in [6, 6.07) is 6.24. The lowest BCUT2D eigenvalue weighted by molar-refractivity contribution is 0.197. The number of nitrogens with one attached hydrogen (secondary N) is 2. The summed E-state index contributed by atoms with van der Waals surface area (Å²) in [7, 11) is 3.40. The van der Waals surface area contributed by atoms with Crippen LogP contribution in [0.15, 0.2) is 29.5 Å². The molecule has 2 N–H and O–H groups in total. The normalized spacial score (nSPS) is 12.7. The van der Waals surface area contributed by atoms with Crippen molar-refractivity contribution in [3.63, 3.8) is 0 Å². The van der Waals surface area contributed by atoms with Gasteiger partial charge in [0.1, 0.15) is 17.9 Å². The second-order valence-corrected chi connectivity index (χ2v) is 6.91. The van der Waals surface area contributed by atoms with Gasteiger partial charge >= 0.3 is 0 Å². The predicted octanol–water partition coefficient (Wildman–Crippen LogP) is 2.49. The summed E-state index contributed by atoms with van der Waals surface area (Å²) in [6.07, 6.45) is 3.50. The molecule has 2 rings (SSSR count). The molecule has 160 valence electrons. The van der Waals surface area contributed by atoms with Crippen LogP contribution < -0.4 is 15.4 Å². The Bertz CT molecular complexity index is 774. The molecule has 0 aliphatic rings. The van der Waals surface area contributed by atoms with E-state index in [1.165, 1.54) is 5.56 Å². The molecule has 0 amide bonds. The van der Waals surface area contributed by atoms with E-state index in [1.807, 2.05) is 6.07 Å². The topological polar surface area (TPSA) is 85.6 Å². The Morgan fingerprint density at radius 3 is 2.86 bits per heavy atom. The number of hydrogen-bond acceptors (Lipinski definition) is 5. The number of benzene rings is 1. The maximum Gasteiger partial charge on any atom is 0.191 e. The molecule has 2 aromatic rings. The molecular weight excluding hydrogens is 368 g/mol. The van der Waals surface area contributed by atoms with Crippen molar-refractivity contribution in [1.29, 1.82) is 0 Å². The van der Waals surface area contributed by atoms with Crippen LogP contribution in [0, 0.1) is 6.92 Å². The van der Waals surface area contributed by atoms with Crippen LogP contribution in [0.5, 0.6) is 5.75 Å². The highest BCUT2D eigenvalue weighted by molar-refractivity contribution is 5.80. The smallest absolute Gasteiger partial charge is 0.191 e. The number of aliphatic imine (C=N–C) groups is 1. The van der Waals surface area contributed by atoms with Gasteiger partial charge in [0.15, 0.2) is 5.96 Å². The van der Waals surface area contributed by atoms with Gasteiger partial charge in [-0.3, -0.25) is 4.99 Å². The zero-order chi connectivity index (χ0) is 21.1. The molecule has 29 heavy (non-hydrogen) atoms. The molecular formula is C21H34N6O2. The Morgan fingerprint density at radius 2 is 2.14 bits per heavy atom. The van der Waals surface area contributed by atoms with Crippen LogP contribution in [-0.4, -0.2) is 54.6 Å². The van der Waals surface area contributed by atoms with Crippen LogP contribution in [-0.2, 0) is 17.7 Å². The number of aromatic nitrogens is 3. The molecule has 8 heteroatoms. The maximum absolute atomic E-state index is 5.54. The lowest BCUT2D eigenvalue weighted by atomic mass is 10.0. The highest BCUT2D eigenvalue weighted by Crippen LogP contribution is 2.25. The molecule has 0 spiro atoms. The van der Waals surface area contributed by atoms with Crippen molar-refractivity contribution in [2.75, 3.05) is 33.9 Å². The summed E-state index contributed by atoms with van der Waals surface area (Å²) < 4.78 is 12.7. The SMILES string of the molecule is CCc1nncn1CCNC(=NCCCOC)NC(C)c1cc(C)ccc1OC. The number of aryl methyl sites for hydroxylation is 2. The first-order valence-corrected chi connectivity index (χ1v) is 10.1. The van der Waals surface area contributed by atoms with Gasteiger partial charge in [-0.15, -0.1) is 10.2 Å². The number of guanidine groups is 1. The summed E-state index contributed by atoms with van der Waals surface area (Å²) in [5, 5.41) is 15.0. The maximum atomic E-state index is 5.54. The van der Waals surface area contributed by atoms with Crippen molar-refractivity contribution in [1.82, 2.24) is 25.4 Å². The Morgan fingerprint density at radius 1 is 1.31 bits per heavy atom. The fourth-order valence-electron chi connectivity index (χ4n) is 3.06. The zero-order valence-electron chi connectivity index (χ0n) is 18.2. The van der Waals surface area contributed by atoms with Gasteiger partial charge in [0.05, 0.1) is 13.2 Å².